The second-order valence-electron chi connectivity index (χ2n) is 3.46. The van der Waals surface area contributed by atoms with E-state index in [0.717, 1.165) is 11.3 Å². The first-order valence-corrected chi connectivity index (χ1v) is 8.05. The maximum Gasteiger partial charge on any atom is 0.304 e. The van der Waals surface area contributed by atoms with Gasteiger partial charge < -0.3 is 4.98 Å². The molecule has 96 valence electrons. The molecule has 0 bridgehead atoms. The number of thiazole rings is 1. The van der Waals surface area contributed by atoms with Crippen LogP contribution in [0.3, 0.4) is 0 Å². The molecule has 0 amide bonds. The van der Waals surface area contributed by atoms with Crippen LogP contribution in [0.15, 0.2) is 43.8 Å². The van der Waals surface area contributed by atoms with Crippen LogP contribution < -0.4 is 9.60 Å². The number of sulfonamides is 1. The lowest BCUT2D eigenvalue weighted by Crippen LogP contribution is -2.23. The molecule has 0 unspecified atom stereocenters. The van der Waals surface area contributed by atoms with E-state index in [2.05, 4.69) is 25.6 Å². The van der Waals surface area contributed by atoms with Crippen molar-refractivity contribution in [2.75, 3.05) is 0 Å². The van der Waals surface area contributed by atoms with Gasteiger partial charge in [0, 0.05) is 15.5 Å². The molecule has 0 atom stereocenters. The van der Waals surface area contributed by atoms with Gasteiger partial charge in [-0.1, -0.05) is 33.3 Å². The third-order valence-electron chi connectivity index (χ3n) is 2.13. The van der Waals surface area contributed by atoms with Crippen molar-refractivity contribution in [1.29, 1.82) is 0 Å². The molecule has 1 heterocycles. The summed E-state index contributed by atoms with van der Waals surface area (Å²) in [6.45, 7) is 0.0631. The van der Waals surface area contributed by atoms with Crippen molar-refractivity contribution < 1.29 is 8.42 Å². The van der Waals surface area contributed by atoms with Crippen LogP contribution in [0.5, 0.6) is 0 Å². The Morgan fingerprint density at radius 2 is 2.17 bits per heavy atom. The molecule has 2 rings (SSSR count). The normalized spacial score (nSPS) is 11.6. The number of H-pyrrole nitrogens is 1. The van der Waals surface area contributed by atoms with Crippen molar-refractivity contribution in [3.8, 4) is 0 Å². The van der Waals surface area contributed by atoms with Crippen LogP contribution in [-0.2, 0) is 16.6 Å². The van der Waals surface area contributed by atoms with E-state index in [1.165, 1.54) is 12.1 Å². The van der Waals surface area contributed by atoms with Crippen molar-refractivity contribution in [3.63, 3.8) is 0 Å². The van der Waals surface area contributed by atoms with E-state index in [9.17, 15) is 13.2 Å². The lowest BCUT2D eigenvalue weighted by atomic mass is 10.4. The largest absolute Gasteiger partial charge is 0.315 e. The van der Waals surface area contributed by atoms with Crippen molar-refractivity contribution >= 4 is 37.3 Å². The van der Waals surface area contributed by atoms with Gasteiger partial charge in [-0.2, -0.15) is 0 Å². The minimum Gasteiger partial charge on any atom is -0.315 e. The number of hydrogen-bond acceptors (Lipinski definition) is 4. The topological polar surface area (TPSA) is 79.0 Å². The summed E-state index contributed by atoms with van der Waals surface area (Å²) in [6, 6.07) is 6.41. The average Bonchev–Trinajstić information content (AvgIpc) is 2.73. The highest BCUT2D eigenvalue weighted by atomic mass is 79.9. The van der Waals surface area contributed by atoms with Gasteiger partial charge in [0.25, 0.3) is 0 Å². The average molecular weight is 349 g/mol. The van der Waals surface area contributed by atoms with Gasteiger partial charge in [-0.05, 0) is 18.2 Å². The van der Waals surface area contributed by atoms with Gasteiger partial charge in [0.05, 0.1) is 11.4 Å². The van der Waals surface area contributed by atoms with Gasteiger partial charge in [-0.25, -0.2) is 13.1 Å². The van der Waals surface area contributed by atoms with Crippen LogP contribution in [0.1, 0.15) is 5.69 Å². The van der Waals surface area contributed by atoms with Gasteiger partial charge in [-0.3, -0.25) is 4.79 Å². The zero-order valence-electron chi connectivity index (χ0n) is 9.01. The molecule has 0 aliphatic carbocycles. The number of aromatic amines is 1. The molecule has 1 aromatic heterocycles. The van der Waals surface area contributed by atoms with E-state index in [4.69, 9.17) is 0 Å². The Kier molecular flexibility index (Phi) is 4.00. The van der Waals surface area contributed by atoms with Crippen LogP contribution in [0, 0.1) is 0 Å². The fourth-order valence-electron chi connectivity index (χ4n) is 1.29. The minimum absolute atomic E-state index is 0.0631. The molecule has 0 aliphatic rings. The smallest absolute Gasteiger partial charge is 0.304 e. The Hall–Kier alpha value is -0.960. The number of nitrogens with one attached hydrogen (secondary N) is 2. The number of halogens is 1. The van der Waals surface area contributed by atoms with E-state index >= 15 is 0 Å². The van der Waals surface area contributed by atoms with Gasteiger partial charge in [0.15, 0.2) is 0 Å². The van der Waals surface area contributed by atoms with Gasteiger partial charge >= 0.3 is 4.87 Å². The molecule has 0 radical (unpaired) electrons. The molecule has 2 aromatic rings. The fraction of sp³-hybridized carbons (Fsp3) is 0.100. The van der Waals surface area contributed by atoms with Gasteiger partial charge in [-0.15, -0.1) is 0 Å². The van der Waals surface area contributed by atoms with E-state index in [1.54, 1.807) is 17.5 Å². The lowest BCUT2D eigenvalue weighted by Gasteiger charge is -2.05. The van der Waals surface area contributed by atoms with Crippen molar-refractivity contribution in [3.05, 3.63) is 49.5 Å². The highest BCUT2D eigenvalue weighted by Gasteiger charge is 2.14. The van der Waals surface area contributed by atoms with Crippen molar-refractivity contribution in [2.45, 2.75) is 11.4 Å². The Bertz CT molecular complexity index is 706. The fourth-order valence-corrected chi connectivity index (χ4v) is 3.48. The highest BCUT2D eigenvalue weighted by molar-refractivity contribution is 9.10. The Labute approximate surface area is 116 Å². The van der Waals surface area contributed by atoms with Crippen LogP contribution in [-0.4, -0.2) is 13.4 Å². The highest BCUT2D eigenvalue weighted by Crippen LogP contribution is 2.16. The number of hydrogen-bond donors (Lipinski definition) is 2. The summed E-state index contributed by atoms with van der Waals surface area (Å²) in [5, 5.41) is 1.59. The molecular weight excluding hydrogens is 340 g/mol. The molecule has 2 N–H and O–H groups in total. The SMILES string of the molecule is O=c1[nH]c(CNS(=O)(=O)c2cccc(Br)c2)cs1. The predicted octanol–water partition coefficient (Wildman–Crippen LogP) is 1.68. The van der Waals surface area contributed by atoms with E-state index in [-0.39, 0.29) is 16.3 Å². The first-order chi connectivity index (χ1) is 8.47. The Morgan fingerprint density at radius 1 is 1.39 bits per heavy atom. The summed E-state index contributed by atoms with van der Waals surface area (Å²) >= 11 is 4.22. The quantitative estimate of drug-likeness (QED) is 0.882. The molecule has 0 spiro atoms. The van der Waals surface area contributed by atoms with Crippen LogP contribution in [0.25, 0.3) is 0 Å². The summed E-state index contributed by atoms with van der Waals surface area (Å²) in [4.78, 5) is 13.4. The van der Waals surface area contributed by atoms with Gasteiger partial charge in [0.1, 0.15) is 0 Å². The lowest BCUT2D eigenvalue weighted by molar-refractivity contribution is 0.580. The molecule has 0 saturated carbocycles. The van der Waals surface area contributed by atoms with Crippen LogP contribution >= 0.6 is 27.3 Å². The molecule has 1 aromatic carbocycles. The van der Waals surface area contributed by atoms with E-state index in [0.29, 0.717) is 10.2 Å². The molecule has 0 aliphatic heterocycles. The van der Waals surface area contributed by atoms with Gasteiger partial charge in [0.2, 0.25) is 10.0 Å². The first-order valence-electron chi connectivity index (χ1n) is 4.89. The Balaban J connectivity index is 2.15. The summed E-state index contributed by atoms with van der Waals surface area (Å²) in [5.74, 6) is 0. The standard InChI is InChI=1S/C10H9BrN2O3S2/c11-7-2-1-3-9(4-7)18(15,16)12-5-8-6-17-10(14)13-8/h1-4,6,12H,5H2,(H,13,14). The Morgan fingerprint density at radius 3 is 2.78 bits per heavy atom. The summed E-state index contributed by atoms with van der Waals surface area (Å²) in [6.07, 6.45) is 0. The number of rotatable bonds is 4. The molecule has 0 saturated heterocycles. The third-order valence-corrected chi connectivity index (χ3v) is 4.74. The monoisotopic (exact) mass is 348 g/mol. The minimum atomic E-state index is -3.57. The summed E-state index contributed by atoms with van der Waals surface area (Å²) in [7, 11) is -3.57. The second kappa shape index (κ2) is 5.35. The molecule has 8 heteroatoms. The summed E-state index contributed by atoms with van der Waals surface area (Å²) in [5.41, 5.74) is 0.545. The van der Waals surface area contributed by atoms with E-state index in [1.807, 2.05) is 0 Å². The summed E-state index contributed by atoms with van der Waals surface area (Å²) < 4.78 is 27.0. The van der Waals surface area contributed by atoms with Crippen LogP contribution in [0.2, 0.25) is 0 Å². The third kappa shape index (κ3) is 3.29. The van der Waals surface area contributed by atoms with Crippen molar-refractivity contribution in [1.82, 2.24) is 9.71 Å². The number of benzene rings is 1. The molecule has 5 nitrogen and oxygen atoms in total. The maximum absolute atomic E-state index is 11.9. The predicted molar refractivity (Wildman–Crippen MR) is 73.1 cm³/mol. The number of aromatic nitrogens is 1. The molecule has 0 fully saturated rings. The zero-order valence-corrected chi connectivity index (χ0v) is 12.2. The van der Waals surface area contributed by atoms with E-state index < -0.39 is 10.0 Å². The maximum atomic E-state index is 11.9. The first kappa shape index (κ1) is 13.5. The zero-order chi connectivity index (χ0) is 13.2. The second-order valence-corrected chi connectivity index (χ2v) is 6.98. The van der Waals surface area contributed by atoms with Crippen molar-refractivity contribution in [2.24, 2.45) is 0 Å². The van der Waals surface area contributed by atoms with Crippen LogP contribution in [0.4, 0.5) is 0 Å². The molecule has 18 heavy (non-hydrogen) atoms. The molecular formula is C10H9BrN2O3S2.